The molecule has 1 atom stereocenters. The molecule has 1 N–H and O–H groups in total. The van der Waals surface area contributed by atoms with Crippen molar-refractivity contribution in [1.29, 1.82) is 0 Å². The summed E-state index contributed by atoms with van der Waals surface area (Å²) in [5.41, 5.74) is 2.09. The SMILES string of the molecule is O=C(Nc1cccc(Cl)c1)C1CCCN(Cc2cccc3ccccc23)C1. The van der Waals surface area contributed by atoms with Gasteiger partial charge in [-0.1, -0.05) is 60.1 Å². The molecule has 4 rings (SSSR count). The van der Waals surface area contributed by atoms with Gasteiger partial charge < -0.3 is 5.32 Å². The highest BCUT2D eigenvalue weighted by molar-refractivity contribution is 6.30. The minimum Gasteiger partial charge on any atom is -0.326 e. The van der Waals surface area contributed by atoms with Crippen molar-refractivity contribution in [3.63, 3.8) is 0 Å². The number of carbonyl (C=O) groups excluding carboxylic acids is 1. The number of rotatable bonds is 4. The minimum atomic E-state index is 0.00714. The number of fused-ring (bicyclic) bond motifs is 1. The minimum absolute atomic E-state index is 0.00714. The van der Waals surface area contributed by atoms with Crippen LogP contribution in [0.15, 0.2) is 66.7 Å². The zero-order valence-corrected chi connectivity index (χ0v) is 16.0. The number of hydrogen-bond acceptors (Lipinski definition) is 2. The van der Waals surface area contributed by atoms with Crippen LogP contribution in [0.1, 0.15) is 18.4 Å². The maximum atomic E-state index is 12.7. The highest BCUT2D eigenvalue weighted by Gasteiger charge is 2.26. The Hall–Kier alpha value is -2.36. The fourth-order valence-corrected chi connectivity index (χ4v) is 4.09. The molecule has 1 amide bonds. The Balaban J connectivity index is 1.44. The summed E-state index contributed by atoms with van der Waals surface area (Å²) in [5, 5.41) is 6.21. The van der Waals surface area contributed by atoms with Crippen molar-refractivity contribution in [1.82, 2.24) is 4.90 Å². The number of carbonyl (C=O) groups is 1. The Morgan fingerprint density at radius 1 is 1.07 bits per heavy atom. The van der Waals surface area contributed by atoms with Gasteiger partial charge in [0, 0.05) is 23.8 Å². The summed E-state index contributed by atoms with van der Waals surface area (Å²) in [5.74, 6) is 0.0904. The maximum Gasteiger partial charge on any atom is 0.228 e. The molecule has 0 aliphatic carbocycles. The lowest BCUT2D eigenvalue weighted by molar-refractivity contribution is -0.121. The van der Waals surface area contributed by atoms with Gasteiger partial charge in [0.25, 0.3) is 0 Å². The van der Waals surface area contributed by atoms with E-state index >= 15 is 0 Å². The Bertz CT molecular complexity index is 951. The zero-order chi connectivity index (χ0) is 18.6. The third kappa shape index (κ3) is 4.32. The average Bonchev–Trinajstić information content (AvgIpc) is 2.68. The Labute approximate surface area is 164 Å². The van der Waals surface area contributed by atoms with E-state index in [4.69, 9.17) is 11.6 Å². The van der Waals surface area contributed by atoms with Crippen LogP contribution in [0, 0.1) is 5.92 Å². The second kappa shape index (κ2) is 8.12. The van der Waals surface area contributed by atoms with Gasteiger partial charge in [-0.05, 0) is 53.9 Å². The lowest BCUT2D eigenvalue weighted by atomic mass is 9.96. The van der Waals surface area contributed by atoms with Crippen molar-refractivity contribution in [2.75, 3.05) is 18.4 Å². The first-order valence-corrected chi connectivity index (χ1v) is 9.82. The molecule has 0 radical (unpaired) electrons. The van der Waals surface area contributed by atoms with Crippen LogP contribution in [-0.2, 0) is 11.3 Å². The number of hydrogen-bond donors (Lipinski definition) is 1. The molecule has 27 heavy (non-hydrogen) atoms. The Kier molecular flexibility index (Phi) is 5.42. The molecule has 3 aromatic carbocycles. The topological polar surface area (TPSA) is 32.3 Å². The van der Waals surface area contributed by atoms with Crippen LogP contribution in [0.25, 0.3) is 10.8 Å². The molecule has 1 aliphatic heterocycles. The normalized spacial score (nSPS) is 17.7. The van der Waals surface area contributed by atoms with Crippen LogP contribution < -0.4 is 5.32 Å². The second-order valence-corrected chi connectivity index (χ2v) is 7.65. The van der Waals surface area contributed by atoms with Crippen molar-refractivity contribution in [2.24, 2.45) is 5.92 Å². The zero-order valence-electron chi connectivity index (χ0n) is 15.2. The molecular formula is C23H23ClN2O. The van der Waals surface area contributed by atoms with Crippen LogP contribution in [-0.4, -0.2) is 23.9 Å². The van der Waals surface area contributed by atoms with Gasteiger partial charge in [0.15, 0.2) is 0 Å². The predicted octanol–water partition coefficient (Wildman–Crippen LogP) is 5.34. The van der Waals surface area contributed by atoms with Gasteiger partial charge in [-0.3, -0.25) is 9.69 Å². The summed E-state index contributed by atoms with van der Waals surface area (Å²) in [6.45, 7) is 2.70. The number of amides is 1. The van der Waals surface area contributed by atoms with Gasteiger partial charge >= 0.3 is 0 Å². The first kappa shape index (κ1) is 18.0. The monoisotopic (exact) mass is 378 g/mol. The highest BCUT2D eigenvalue weighted by atomic mass is 35.5. The summed E-state index contributed by atoms with van der Waals surface area (Å²) in [6.07, 6.45) is 1.97. The molecule has 1 unspecified atom stereocenters. The van der Waals surface area contributed by atoms with Gasteiger partial charge in [-0.2, -0.15) is 0 Å². The van der Waals surface area contributed by atoms with Crippen molar-refractivity contribution in [2.45, 2.75) is 19.4 Å². The van der Waals surface area contributed by atoms with E-state index in [9.17, 15) is 4.79 Å². The molecule has 0 aromatic heterocycles. The number of halogens is 1. The van der Waals surface area contributed by atoms with Crippen LogP contribution in [0.3, 0.4) is 0 Å². The van der Waals surface area contributed by atoms with Crippen LogP contribution in [0.2, 0.25) is 5.02 Å². The third-order valence-electron chi connectivity index (χ3n) is 5.24. The highest BCUT2D eigenvalue weighted by Crippen LogP contribution is 2.24. The van der Waals surface area contributed by atoms with Crippen LogP contribution in [0.4, 0.5) is 5.69 Å². The number of nitrogens with zero attached hydrogens (tertiary/aromatic N) is 1. The fourth-order valence-electron chi connectivity index (χ4n) is 3.89. The number of likely N-dealkylation sites (tertiary alicyclic amines) is 1. The second-order valence-electron chi connectivity index (χ2n) is 7.21. The van der Waals surface area contributed by atoms with E-state index in [0.717, 1.165) is 38.2 Å². The lowest BCUT2D eigenvalue weighted by Gasteiger charge is -2.32. The smallest absolute Gasteiger partial charge is 0.228 e. The molecule has 3 aromatic rings. The molecule has 0 bridgehead atoms. The Morgan fingerprint density at radius 2 is 1.89 bits per heavy atom. The molecule has 3 nitrogen and oxygen atoms in total. The maximum absolute atomic E-state index is 12.7. The first-order chi connectivity index (χ1) is 13.2. The molecular weight excluding hydrogens is 356 g/mol. The molecule has 0 spiro atoms. The summed E-state index contributed by atoms with van der Waals surface area (Å²) >= 11 is 6.02. The van der Waals surface area contributed by atoms with E-state index in [2.05, 4.69) is 52.7 Å². The molecule has 138 valence electrons. The van der Waals surface area contributed by atoms with Crippen LogP contribution >= 0.6 is 11.6 Å². The lowest BCUT2D eigenvalue weighted by Crippen LogP contribution is -2.40. The largest absolute Gasteiger partial charge is 0.326 e. The molecule has 4 heteroatoms. The number of benzene rings is 3. The van der Waals surface area contributed by atoms with Gasteiger partial charge in [-0.25, -0.2) is 0 Å². The van der Waals surface area contributed by atoms with Crippen molar-refractivity contribution in [3.8, 4) is 0 Å². The van der Waals surface area contributed by atoms with E-state index in [-0.39, 0.29) is 11.8 Å². The first-order valence-electron chi connectivity index (χ1n) is 9.44. The number of piperidine rings is 1. The average molecular weight is 379 g/mol. The van der Waals surface area contributed by atoms with Crippen LogP contribution in [0.5, 0.6) is 0 Å². The van der Waals surface area contributed by atoms with Gasteiger partial charge in [0.2, 0.25) is 5.91 Å². The summed E-state index contributed by atoms with van der Waals surface area (Å²) in [6, 6.07) is 22.3. The summed E-state index contributed by atoms with van der Waals surface area (Å²) in [4.78, 5) is 15.1. The van der Waals surface area contributed by atoms with E-state index in [1.807, 2.05) is 18.2 Å². The van der Waals surface area contributed by atoms with Gasteiger partial charge in [0.1, 0.15) is 0 Å². The van der Waals surface area contributed by atoms with E-state index < -0.39 is 0 Å². The molecule has 1 saturated heterocycles. The number of anilines is 1. The standard InChI is InChI=1S/C23H23ClN2O/c24-20-10-4-11-21(14-20)25-23(27)19-9-5-13-26(16-19)15-18-8-3-7-17-6-1-2-12-22(17)18/h1-4,6-8,10-12,14,19H,5,9,13,15-16H2,(H,25,27). The van der Waals surface area contributed by atoms with E-state index in [1.165, 1.54) is 16.3 Å². The van der Waals surface area contributed by atoms with Gasteiger partial charge in [-0.15, -0.1) is 0 Å². The third-order valence-corrected chi connectivity index (χ3v) is 5.48. The molecule has 1 fully saturated rings. The molecule has 0 saturated carbocycles. The summed E-state index contributed by atoms with van der Waals surface area (Å²) in [7, 11) is 0. The van der Waals surface area contributed by atoms with Crippen molar-refractivity contribution >= 4 is 34.0 Å². The van der Waals surface area contributed by atoms with E-state index in [0.29, 0.717) is 5.02 Å². The number of nitrogens with one attached hydrogen (secondary N) is 1. The fraction of sp³-hybridized carbons (Fsp3) is 0.261. The van der Waals surface area contributed by atoms with Crippen molar-refractivity contribution < 1.29 is 4.79 Å². The molecule has 1 heterocycles. The summed E-state index contributed by atoms with van der Waals surface area (Å²) < 4.78 is 0. The molecule has 1 aliphatic rings. The van der Waals surface area contributed by atoms with Gasteiger partial charge in [0.05, 0.1) is 5.92 Å². The predicted molar refractivity (Wildman–Crippen MR) is 112 cm³/mol. The van der Waals surface area contributed by atoms with Crippen molar-refractivity contribution in [3.05, 3.63) is 77.3 Å². The Morgan fingerprint density at radius 3 is 2.78 bits per heavy atom. The quantitative estimate of drug-likeness (QED) is 0.664. The van der Waals surface area contributed by atoms with E-state index in [1.54, 1.807) is 6.07 Å².